The SMILES string of the molecule is N#CC[13C](=O)O. The molecule has 0 saturated heterocycles. The molecule has 3 nitrogen and oxygen atoms in total. The minimum atomic E-state index is -1.07. The lowest BCUT2D eigenvalue weighted by Gasteiger charge is -1.70. The van der Waals surface area contributed by atoms with Gasteiger partial charge in [-0.1, -0.05) is 0 Å². The molecule has 0 aromatic carbocycles. The van der Waals surface area contributed by atoms with Gasteiger partial charge in [0.1, 0.15) is 6.42 Å². The normalized spacial score (nSPS) is 6.50. The topological polar surface area (TPSA) is 61.1 Å². The van der Waals surface area contributed by atoms with Crippen LogP contribution in [0.5, 0.6) is 0 Å². The Bertz CT molecular complexity index is 91.5. The smallest absolute Gasteiger partial charge is 0.317 e. The van der Waals surface area contributed by atoms with Crippen LogP contribution in [0.3, 0.4) is 0 Å². The van der Waals surface area contributed by atoms with Crippen LogP contribution in [-0.4, -0.2) is 11.1 Å². The average molecular weight is 86.1 g/mol. The van der Waals surface area contributed by atoms with Crippen LogP contribution in [0, 0.1) is 11.3 Å². The highest BCUT2D eigenvalue weighted by Crippen LogP contribution is 1.68. The maximum atomic E-state index is 9.38. The maximum Gasteiger partial charge on any atom is 0.317 e. The van der Waals surface area contributed by atoms with Crippen molar-refractivity contribution in [1.29, 1.82) is 5.26 Å². The van der Waals surface area contributed by atoms with Crippen LogP contribution in [0.2, 0.25) is 0 Å². The van der Waals surface area contributed by atoms with E-state index in [1.54, 1.807) is 0 Å². The van der Waals surface area contributed by atoms with Crippen molar-refractivity contribution >= 4 is 5.97 Å². The number of nitriles is 1. The zero-order chi connectivity index (χ0) is 4.99. The van der Waals surface area contributed by atoms with Gasteiger partial charge in [0.25, 0.3) is 0 Å². The standard InChI is InChI=1S/C3H3NO2/c4-2-1-3(5)6/h1H2,(H,5,6)/i3+1. The molecule has 32 valence electrons. The summed E-state index contributed by atoms with van der Waals surface area (Å²) >= 11 is 0. The fourth-order valence-electron chi connectivity index (χ4n) is 0.0676. The molecule has 0 amide bonds. The van der Waals surface area contributed by atoms with Gasteiger partial charge in [-0.3, -0.25) is 4.79 Å². The van der Waals surface area contributed by atoms with Crippen LogP contribution in [0.15, 0.2) is 0 Å². The molecule has 0 aromatic heterocycles. The van der Waals surface area contributed by atoms with Gasteiger partial charge >= 0.3 is 5.97 Å². The van der Waals surface area contributed by atoms with E-state index in [9.17, 15) is 4.79 Å². The molecule has 0 atom stereocenters. The molecular formula is C3H3NO2. The third-order valence-corrected chi connectivity index (χ3v) is 0.230. The summed E-state index contributed by atoms with van der Waals surface area (Å²) in [4.78, 5) is 9.38. The van der Waals surface area contributed by atoms with E-state index in [-0.39, 0.29) is 0 Å². The predicted molar refractivity (Wildman–Crippen MR) is 17.9 cm³/mol. The van der Waals surface area contributed by atoms with Gasteiger partial charge in [-0.2, -0.15) is 5.26 Å². The first-order chi connectivity index (χ1) is 2.77. The molecule has 0 aliphatic carbocycles. The summed E-state index contributed by atoms with van der Waals surface area (Å²) in [5.41, 5.74) is 0. The van der Waals surface area contributed by atoms with E-state index >= 15 is 0 Å². The molecule has 0 saturated carbocycles. The lowest BCUT2D eigenvalue weighted by molar-refractivity contribution is -0.135. The first-order valence-corrected chi connectivity index (χ1v) is 1.36. The zero-order valence-electron chi connectivity index (χ0n) is 3.01. The highest BCUT2D eigenvalue weighted by atomic mass is 16.5. The van der Waals surface area contributed by atoms with Crippen LogP contribution in [0.4, 0.5) is 0 Å². The third-order valence-electron chi connectivity index (χ3n) is 0.230. The molecule has 0 fully saturated rings. The summed E-state index contributed by atoms with van der Waals surface area (Å²) in [6.07, 6.45) is -0.403. The number of hydrogen-bond acceptors (Lipinski definition) is 2. The van der Waals surface area contributed by atoms with Gasteiger partial charge in [0.05, 0.1) is 6.07 Å². The van der Waals surface area contributed by atoms with Crippen molar-refractivity contribution in [2.75, 3.05) is 0 Å². The van der Waals surface area contributed by atoms with Crippen LogP contribution in [0.1, 0.15) is 6.42 Å². The average Bonchev–Trinajstić information content (AvgIpc) is 1.35. The fourth-order valence-corrected chi connectivity index (χ4v) is 0.0676. The van der Waals surface area contributed by atoms with Crippen molar-refractivity contribution in [2.45, 2.75) is 6.42 Å². The van der Waals surface area contributed by atoms with E-state index in [0.717, 1.165) is 0 Å². The highest BCUT2D eigenvalue weighted by molar-refractivity contribution is 5.69. The van der Waals surface area contributed by atoms with E-state index in [0.29, 0.717) is 0 Å². The largest absolute Gasteiger partial charge is 0.480 e. The molecule has 0 bridgehead atoms. The summed E-state index contributed by atoms with van der Waals surface area (Å²) in [5.74, 6) is -1.07. The van der Waals surface area contributed by atoms with E-state index in [1.807, 2.05) is 0 Å². The van der Waals surface area contributed by atoms with Gasteiger partial charge in [0.15, 0.2) is 0 Å². The van der Waals surface area contributed by atoms with Crippen molar-refractivity contribution in [3.63, 3.8) is 0 Å². The number of carboxylic acid groups (broad SMARTS) is 1. The van der Waals surface area contributed by atoms with Gasteiger partial charge < -0.3 is 5.11 Å². The Balaban J connectivity index is 3.13. The van der Waals surface area contributed by atoms with E-state index in [1.165, 1.54) is 6.07 Å². The summed E-state index contributed by atoms with van der Waals surface area (Å²) in [6.45, 7) is 0. The Morgan fingerprint density at radius 1 is 2.00 bits per heavy atom. The number of aliphatic carboxylic acids is 1. The van der Waals surface area contributed by atoms with Crippen molar-refractivity contribution < 1.29 is 9.90 Å². The Morgan fingerprint density at radius 2 is 2.50 bits per heavy atom. The number of hydrogen-bond donors (Lipinski definition) is 1. The van der Waals surface area contributed by atoms with Gasteiger partial charge in [0, 0.05) is 0 Å². The monoisotopic (exact) mass is 86.0 g/mol. The lowest BCUT2D eigenvalue weighted by atomic mass is 10.7. The number of carbonyl (C=O) groups is 1. The molecule has 6 heavy (non-hydrogen) atoms. The van der Waals surface area contributed by atoms with E-state index in [2.05, 4.69) is 0 Å². The Kier molecular flexibility index (Phi) is 1.83. The summed E-state index contributed by atoms with van der Waals surface area (Å²) in [7, 11) is 0. The maximum absolute atomic E-state index is 9.38. The first kappa shape index (κ1) is 4.96. The molecule has 0 rings (SSSR count). The predicted octanol–water partition coefficient (Wildman–Crippen LogP) is -0.0153. The van der Waals surface area contributed by atoms with E-state index in [4.69, 9.17) is 10.4 Å². The number of carboxylic acids is 1. The highest BCUT2D eigenvalue weighted by Gasteiger charge is 1.87. The third kappa shape index (κ3) is 2.96. The first-order valence-electron chi connectivity index (χ1n) is 1.36. The molecule has 0 radical (unpaired) electrons. The van der Waals surface area contributed by atoms with Gasteiger partial charge in [-0.05, 0) is 0 Å². The number of rotatable bonds is 1. The number of nitrogens with zero attached hydrogens (tertiary/aromatic N) is 1. The zero-order valence-corrected chi connectivity index (χ0v) is 3.01. The van der Waals surface area contributed by atoms with Gasteiger partial charge in [-0.15, -0.1) is 0 Å². The molecular weight excluding hydrogens is 83.0 g/mol. The molecule has 0 heterocycles. The summed E-state index contributed by atoms with van der Waals surface area (Å²) in [6, 6.07) is 1.47. The van der Waals surface area contributed by atoms with Crippen molar-refractivity contribution in [2.24, 2.45) is 0 Å². The minimum absolute atomic E-state index is 0.403. The van der Waals surface area contributed by atoms with Gasteiger partial charge in [0.2, 0.25) is 0 Å². The molecule has 0 aliphatic heterocycles. The second-order valence-electron chi connectivity index (χ2n) is 0.729. The summed E-state index contributed by atoms with van der Waals surface area (Å²) in [5, 5.41) is 15.3. The molecule has 0 spiro atoms. The molecule has 0 aliphatic rings. The fraction of sp³-hybridized carbons (Fsp3) is 0.333. The van der Waals surface area contributed by atoms with E-state index < -0.39 is 12.4 Å². The second-order valence-corrected chi connectivity index (χ2v) is 0.729. The van der Waals surface area contributed by atoms with Crippen LogP contribution in [0.25, 0.3) is 0 Å². The van der Waals surface area contributed by atoms with Crippen molar-refractivity contribution in [1.82, 2.24) is 0 Å². The second kappa shape index (κ2) is 2.21. The Hall–Kier alpha value is -1.04. The van der Waals surface area contributed by atoms with Crippen molar-refractivity contribution in [3.8, 4) is 6.07 Å². The summed E-state index contributed by atoms with van der Waals surface area (Å²) < 4.78 is 0. The molecule has 0 aromatic rings. The van der Waals surface area contributed by atoms with Crippen LogP contribution in [-0.2, 0) is 4.79 Å². The molecule has 0 unspecified atom stereocenters. The molecule has 1 N–H and O–H groups in total. The Labute approximate surface area is 34.8 Å². The van der Waals surface area contributed by atoms with Crippen LogP contribution < -0.4 is 0 Å². The van der Waals surface area contributed by atoms with Crippen molar-refractivity contribution in [3.05, 3.63) is 0 Å². The lowest BCUT2D eigenvalue weighted by Crippen LogP contribution is -1.88. The van der Waals surface area contributed by atoms with Crippen LogP contribution >= 0.6 is 0 Å². The molecule has 3 heteroatoms. The van der Waals surface area contributed by atoms with Gasteiger partial charge in [-0.25, -0.2) is 0 Å². The quantitative estimate of drug-likeness (QED) is 0.456. The minimum Gasteiger partial charge on any atom is -0.480 e. The Morgan fingerprint density at radius 3 is 2.50 bits per heavy atom.